The maximum atomic E-state index is 8.88. The van der Waals surface area contributed by atoms with E-state index in [1.807, 2.05) is 0 Å². The summed E-state index contributed by atoms with van der Waals surface area (Å²) in [6.45, 7) is 0. The topological polar surface area (TPSA) is 148 Å². The summed E-state index contributed by atoms with van der Waals surface area (Å²) in [4.78, 5) is 21.6. The van der Waals surface area contributed by atoms with Gasteiger partial charge in [-0.3, -0.25) is 0 Å². The first-order valence-corrected chi connectivity index (χ1v) is 2.35. The van der Waals surface area contributed by atoms with E-state index in [1.54, 1.807) is 0 Å². The van der Waals surface area contributed by atoms with E-state index in [0.717, 1.165) is 0 Å². The number of hydrogen-bond acceptors (Lipinski definition) is 3. The van der Waals surface area contributed by atoms with Crippen LogP contribution in [0.2, 0.25) is 0 Å². The van der Waals surface area contributed by atoms with Gasteiger partial charge in [0, 0.05) is 0 Å². The summed E-state index contributed by atoms with van der Waals surface area (Å²) in [7, 11) is -4.64. The van der Waals surface area contributed by atoms with Crippen molar-refractivity contribution in [3.63, 3.8) is 0 Å². The van der Waals surface area contributed by atoms with Crippen LogP contribution in [0.5, 0.6) is 0 Å². The van der Waals surface area contributed by atoms with Crippen molar-refractivity contribution in [3.05, 3.63) is 0 Å². The van der Waals surface area contributed by atoms with Crippen LogP contribution in [0.4, 0.5) is 0 Å². The fourth-order valence-electron chi connectivity index (χ4n) is 0. The Morgan fingerprint density at radius 1 is 1.00 bits per heavy atom. The number of phosphoric acid groups is 1. The molecule has 0 amide bonds. The van der Waals surface area contributed by atoms with Gasteiger partial charge in [-0.25, -0.2) is 4.57 Å². The van der Waals surface area contributed by atoms with Crippen molar-refractivity contribution in [3.8, 4) is 0 Å². The van der Waals surface area contributed by atoms with Crippen LogP contribution in [0.3, 0.4) is 0 Å². The van der Waals surface area contributed by atoms with E-state index in [1.165, 1.54) is 0 Å². The molecule has 9 heavy (non-hydrogen) atoms. The normalized spacial score (nSPS) is 6.56. The van der Waals surface area contributed by atoms with Gasteiger partial charge in [0.25, 0.3) is 0 Å². The average molecular weight is 200 g/mol. The molecule has 0 spiro atoms. The minimum atomic E-state index is -4.64. The molecule has 0 aliphatic rings. The second kappa shape index (κ2) is 11.6. The van der Waals surface area contributed by atoms with Gasteiger partial charge in [-0.1, -0.05) is 0 Å². The zero-order valence-electron chi connectivity index (χ0n) is 4.82. The Balaban J connectivity index is -0.0000000133. The lowest BCUT2D eigenvalue weighted by molar-refractivity contribution is 0.275. The van der Waals surface area contributed by atoms with Gasteiger partial charge in [-0.2, -0.15) is 23.4 Å². The third kappa shape index (κ3) is 623. The second-order valence-electron chi connectivity index (χ2n) is 0.513. The largest absolute Gasteiger partial charge is 0.466 e. The molecule has 0 aliphatic carbocycles. The van der Waals surface area contributed by atoms with Gasteiger partial charge in [0.05, 0.1) is 0 Å². The highest BCUT2D eigenvalue weighted by molar-refractivity contribution is 7.59. The van der Waals surface area contributed by atoms with Crippen LogP contribution < -0.4 is 12.3 Å². The Labute approximate surface area is 63.5 Å². The minimum Gasteiger partial charge on any atom is -0.344 e. The van der Waals surface area contributed by atoms with E-state index in [2.05, 4.69) is 0 Å². The third-order valence-corrected chi connectivity index (χ3v) is 0. The molecule has 0 fully saturated rings. The molecule has 0 aromatic rings. The molecule has 0 aliphatic heterocycles. The van der Waals surface area contributed by atoms with Crippen LogP contribution in [-0.4, -0.2) is 14.7 Å². The van der Waals surface area contributed by atoms with E-state index in [9.17, 15) is 0 Å². The molecule has 0 aromatic carbocycles. The van der Waals surface area contributed by atoms with E-state index < -0.39 is 7.82 Å². The van der Waals surface area contributed by atoms with E-state index in [-0.39, 0.29) is 35.7 Å². The molecule has 9 heteroatoms. The predicted molar refractivity (Wildman–Crippen MR) is 45.8 cm³/mol. The van der Waals surface area contributed by atoms with Crippen molar-refractivity contribution in [2.75, 3.05) is 0 Å². The third-order valence-electron chi connectivity index (χ3n) is 0. The van der Waals surface area contributed by atoms with Gasteiger partial charge in [0.1, 0.15) is 0 Å². The van der Waals surface area contributed by atoms with Crippen LogP contribution in [0, 0.1) is 0 Å². The van der Waals surface area contributed by atoms with E-state index in [0.29, 0.717) is 0 Å². The summed E-state index contributed by atoms with van der Waals surface area (Å²) in [5, 5.41) is 0. The van der Waals surface area contributed by atoms with Crippen molar-refractivity contribution >= 4 is 31.2 Å². The monoisotopic (exact) mass is 200 g/mol. The van der Waals surface area contributed by atoms with Gasteiger partial charge in [0.15, 0.2) is 0 Å². The molecule has 0 bridgehead atoms. The molecular formula is H14N2O4P2S. The standard InChI is InChI=1S/2H3N.H3O4P.H3P.H2S/c;;1-5(2,3)4;;/h2*1H3;(H3,1,2,3,4);1H3;1H2. The van der Waals surface area contributed by atoms with Crippen LogP contribution in [0.25, 0.3) is 0 Å². The lowest BCUT2D eigenvalue weighted by Crippen LogP contribution is -1.66. The number of rotatable bonds is 0. The minimum absolute atomic E-state index is 0. The lowest BCUT2D eigenvalue weighted by atomic mass is 14.0. The maximum Gasteiger partial charge on any atom is 0.466 e. The Hall–Kier alpha value is 0.810. The van der Waals surface area contributed by atoms with Crippen molar-refractivity contribution in [2.45, 2.75) is 0 Å². The Kier molecular flexibility index (Phi) is 42.4. The van der Waals surface area contributed by atoms with Crippen molar-refractivity contribution in [1.29, 1.82) is 0 Å². The van der Waals surface area contributed by atoms with Crippen LogP contribution in [0.15, 0.2) is 0 Å². The smallest absolute Gasteiger partial charge is 0.344 e. The summed E-state index contributed by atoms with van der Waals surface area (Å²) in [6.07, 6.45) is 0. The average Bonchev–Trinajstić information content (AvgIpc) is 0.722. The summed E-state index contributed by atoms with van der Waals surface area (Å²) in [6, 6.07) is 0. The maximum absolute atomic E-state index is 8.88. The highest BCUT2D eigenvalue weighted by Crippen LogP contribution is 2.25. The van der Waals surface area contributed by atoms with Crippen molar-refractivity contribution in [1.82, 2.24) is 12.3 Å². The summed E-state index contributed by atoms with van der Waals surface area (Å²) in [5.41, 5.74) is 0. The van der Waals surface area contributed by atoms with Gasteiger partial charge in [-0.15, -0.1) is 0 Å². The zero-order chi connectivity index (χ0) is 4.50. The highest BCUT2D eigenvalue weighted by atomic mass is 32.1. The zero-order valence-corrected chi connectivity index (χ0v) is 8.13. The van der Waals surface area contributed by atoms with Gasteiger partial charge in [0.2, 0.25) is 0 Å². The van der Waals surface area contributed by atoms with Gasteiger partial charge >= 0.3 is 7.82 Å². The SMILES string of the molecule is N.N.O=P(O)(O)O.P.S. The number of hydrogen-bond donors (Lipinski definition) is 5. The summed E-state index contributed by atoms with van der Waals surface area (Å²) in [5.74, 6) is 0. The first-order valence-electron chi connectivity index (χ1n) is 0.783. The Morgan fingerprint density at radius 3 is 1.00 bits per heavy atom. The van der Waals surface area contributed by atoms with E-state index >= 15 is 0 Å². The molecule has 0 radical (unpaired) electrons. The van der Waals surface area contributed by atoms with Crippen molar-refractivity contribution in [2.24, 2.45) is 0 Å². The molecule has 1 atom stereocenters. The Morgan fingerprint density at radius 2 is 1.00 bits per heavy atom. The quantitative estimate of drug-likeness (QED) is 0.335. The summed E-state index contributed by atoms with van der Waals surface area (Å²) >= 11 is 0. The molecule has 0 aromatic heterocycles. The predicted octanol–water partition coefficient (Wildman–Crippen LogP) is -0.434. The molecule has 1 unspecified atom stereocenters. The van der Waals surface area contributed by atoms with Gasteiger partial charge in [-0.05, 0) is 0 Å². The van der Waals surface area contributed by atoms with E-state index in [4.69, 9.17) is 19.2 Å². The molecule has 9 N–H and O–H groups in total. The van der Waals surface area contributed by atoms with Gasteiger partial charge < -0.3 is 27.0 Å². The Bertz CT molecular complexity index is 62.7. The molecule has 0 rings (SSSR count). The first-order chi connectivity index (χ1) is 2.00. The molecule has 0 saturated heterocycles. The fraction of sp³-hybridized carbons (Fsp3) is 0. The second-order valence-corrected chi connectivity index (χ2v) is 1.54. The first kappa shape index (κ1) is 32.9. The molecule has 0 heterocycles. The fourth-order valence-corrected chi connectivity index (χ4v) is 0. The lowest BCUT2D eigenvalue weighted by Gasteiger charge is -1.82. The van der Waals surface area contributed by atoms with Crippen LogP contribution in [-0.2, 0) is 4.57 Å². The molecule has 6 nitrogen and oxygen atoms in total. The molecular weight excluding hydrogens is 186 g/mol. The molecule has 64 valence electrons. The van der Waals surface area contributed by atoms with Crippen LogP contribution in [0.1, 0.15) is 0 Å². The van der Waals surface area contributed by atoms with Crippen molar-refractivity contribution < 1.29 is 19.2 Å². The molecule has 0 saturated carbocycles. The summed E-state index contributed by atoms with van der Waals surface area (Å²) < 4.78 is 8.88. The van der Waals surface area contributed by atoms with Crippen LogP contribution >= 0.6 is 31.2 Å². The highest BCUT2D eigenvalue weighted by Gasteiger charge is 2.00.